The van der Waals surface area contributed by atoms with Gasteiger partial charge in [0.2, 0.25) is 5.91 Å². The zero-order valence-electron chi connectivity index (χ0n) is 11.1. The van der Waals surface area contributed by atoms with Crippen LogP contribution in [0.15, 0.2) is 18.2 Å². The molecule has 0 unspecified atom stereocenters. The van der Waals surface area contributed by atoms with Crippen molar-refractivity contribution in [3.05, 3.63) is 35.4 Å². The summed E-state index contributed by atoms with van der Waals surface area (Å²) < 4.78 is 26.4. The van der Waals surface area contributed by atoms with Crippen molar-refractivity contribution in [2.24, 2.45) is 5.73 Å². The first-order valence-electron chi connectivity index (χ1n) is 6.54. The third-order valence-electron chi connectivity index (χ3n) is 3.52. The van der Waals surface area contributed by atoms with Crippen LogP contribution in [0, 0.1) is 11.6 Å². The van der Waals surface area contributed by atoms with Crippen molar-refractivity contribution in [2.45, 2.75) is 44.2 Å². The molecule has 1 saturated carbocycles. The number of rotatable bonds is 3. The van der Waals surface area contributed by atoms with Gasteiger partial charge in [-0.1, -0.05) is 12.1 Å². The number of hydrogen-bond donors (Lipinski definition) is 2. The number of nitrogens with one attached hydrogen (secondary N) is 1. The highest BCUT2D eigenvalue weighted by Gasteiger charge is 2.20. The summed E-state index contributed by atoms with van der Waals surface area (Å²) in [7, 11) is 0. The number of carbonyl (C=O) groups is 1. The minimum Gasteiger partial charge on any atom is -0.353 e. The third-order valence-corrected chi connectivity index (χ3v) is 3.52. The fraction of sp³-hybridized carbons (Fsp3) is 0.500. The van der Waals surface area contributed by atoms with Crippen LogP contribution in [-0.2, 0) is 11.2 Å². The summed E-state index contributed by atoms with van der Waals surface area (Å²) in [6.07, 6.45) is 3.34. The standard InChI is InChI=1S/C14H18F2N2O.ClH/c15-12-3-1-2-9(14(12)16)8-13(19)18-11-6-4-10(17)5-7-11;/h1-3,10-11H,4-8,17H2,(H,18,19);1H. The van der Waals surface area contributed by atoms with Gasteiger partial charge < -0.3 is 11.1 Å². The Morgan fingerprint density at radius 2 is 1.90 bits per heavy atom. The molecule has 0 aromatic heterocycles. The molecule has 6 heteroatoms. The van der Waals surface area contributed by atoms with Gasteiger partial charge >= 0.3 is 0 Å². The first-order chi connectivity index (χ1) is 9.06. The predicted octanol–water partition coefficient (Wildman–Crippen LogP) is 2.32. The maximum absolute atomic E-state index is 13.4. The number of nitrogens with two attached hydrogens (primary N) is 1. The van der Waals surface area contributed by atoms with Crippen molar-refractivity contribution in [3.8, 4) is 0 Å². The van der Waals surface area contributed by atoms with Crippen LogP contribution < -0.4 is 11.1 Å². The molecule has 0 heterocycles. The molecule has 1 amide bonds. The SMILES string of the molecule is Cl.NC1CCC(NC(=O)Cc2cccc(F)c2F)CC1. The van der Waals surface area contributed by atoms with E-state index in [1.54, 1.807) is 0 Å². The van der Waals surface area contributed by atoms with Gasteiger partial charge in [0.1, 0.15) is 0 Å². The Morgan fingerprint density at radius 3 is 2.55 bits per heavy atom. The molecule has 3 nitrogen and oxygen atoms in total. The van der Waals surface area contributed by atoms with Crippen LogP contribution in [0.4, 0.5) is 8.78 Å². The average molecular weight is 305 g/mol. The van der Waals surface area contributed by atoms with Crippen molar-refractivity contribution >= 4 is 18.3 Å². The largest absolute Gasteiger partial charge is 0.353 e. The monoisotopic (exact) mass is 304 g/mol. The van der Waals surface area contributed by atoms with Gasteiger partial charge in [-0.3, -0.25) is 4.79 Å². The van der Waals surface area contributed by atoms with Crippen molar-refractivity contribution in [3.63, 3.8) is 0 Å². The highest BCUT2D eigenvalue weighted by atomic mass is 35.5. The van der Waals surface area contributed by atoms with E-state index < -0.39 is 11.6 Å². The molecule has 1 aromatic carbocycles. The van der Waals surface area contributed by atoms with Gasteiger partial charge in [0.05, 0.1) is 6.42 Å². The summed E-state index contributed by atoms with van der Waals surface area (Å²) in [5, 5.41) is 2.85. The number of halogens is 3. The molecule has 112 valence electrons. The van der Waals surface area contributed by atoms with Crippen LogP contribution in [0.3, 0.4) is 0 Å². The van der Waals surface area contributed by atoms with E-state index in [2.05, 4.69) is 5.32 Å². The van der Waals surface area contributed by atoms with Gasteiger partial charge in [0, 0.05) is 17.6 Å². The fourth-order valence-electron chi connectivity index (χ4n) is 2.40. The topological polar surface area (TPSA) is 55.1 Å². The molecule has 0 aliphatic heterocycles. The Bertz CT molecular complexity index is 462. The molecule has 2 rings (SSSR count). The van der Waals surface area contributed by atoms with Crippen LogP contribution in [0.5, 0.6) is 0 Å². The van der Waals surface area contributed by atoms with Crippen LogP contribution >= 0.6 is 12.4 Å². The van der Waals surface area contributed by atoms with Crippen LogP contribution in [-0.4, -0.2) is 18.0 Å². The van der Waals surface area contributed by atoms with Crippen LogP contribution in [0.2, 0.25) is 0 Å². The molecule has 20 heavy (non-hydrogen) atoms. The molecule has 0 atom stereocenters. The normalized spacial score (nSPS) is 21.9. The zero-order chi connectivity index (χ0) is 13.8. The Balaban J connectivity index is 0.00000200. The van der Waals surface area contributed by atoms with E-state index in [0.717, 1.165) is 31.7 Å². The second-order valence-electron chi connectivity index (χ2n) is 5.07. The number of hydrogen-bond acceptors (Lipinski definition) is 2. The molecule has 1 aliphatic carbocycles. The minimum atomic E-state index is -0.941. The summed E-state index contributed by atoms with van der Waals surface area (Å²) in [6, 6.07) is 4.19. The molecule has 0 bridgehead atoms. The first-order valence-corrected chi connectivity index (χ1v) is 6.54. The molecule has 1 fully saturated rings. The number of amides is 1. The first kappa shape index (κ1) is 16.9. The van der Waals surface area contributed by atoms with Crippen LogP contribution in [0.1, 0.15) is 31.2 Å². The minimum absolute atomic E-state index is 0. The van der Waals surface area contributed by atoms with Gasteiger partial charge in [-0.15, -0.1) is 12.4 Å². The Hall–Kier alpha value is -1.20. The average Bonchev–Trinajstić information content (AvgIpc) is 2.38. The molecule has 0 saturated heterocycles. The lowest BCUT2D eigenvalue weighted by Gasteiger charge is -2.26. The summed E-state index contributed by atoms with van der Waals surface area (Å²) in [5.41, 5.74) is 5.87. The number of benzene rings is 1. The van der Waals surface area contributed by atoms with Gasteiger partial charge in [0.25, 0.3) is 0 Å². The van der Waals surface area contributed by atoms with Crippen molar-refractivity contribution in [1.29, 1.82) is 0 Å². The van der Waals surface area contributed by atoms with Gasteiger partial charge in [-0.2, -0.15) is 0 Å². The maximum Gasteiger partial charge on any atom is 0.224 e. The smallest absolute Gasteiger partial charge is 0.224 e. The highest BCUT2D eigenvalue weighted by molar-refractivity contribution is 5.85. The lowest BCUT2D eigenvalue weighted by molar-refractivity contribution is -0.121. The molecule has 3 N–H and O–H groups in total. The van der Waals surface area contributed by atoms with Gasteiger partial charge in [-0.05, 0) is 31.7 Å². The van der Waals surface area contributed by atoms with E-state index in [1.807, 2.05) is 0 Å². The van der Waals surface area contributed by atoms with E-state index in [1.165, 1.54) is 12.1 Å². The molecular formula is C14H19ClF2N2O. The highest BCUT2D eigenvalue weighted by Crippen LogP contribution is 2.17. The van der Waals surface area contributed by atoms with E-state index in [0.29, 0.717) is 0 Å². The van der Waals surface area contributed by atoms with Crippen molar-refractivity contribution < 1.29 is 13.6 Å². The van der Waals surface area contributed by atoms with E-state index in [9.17, 15) is 13.6 Å². The van der Waals surface area contributed by atoms with Gasteiger partial charge in [-0.25, -0.2) is 8.78 Å². The maximum atomic E-state index is 13.4. The molecule has 1 aromatic rings. The predicted molar refractivity (Wildman–Crippen MR) is 75.7 cm³/mol. The molecule has 0 radical (unpaired) electrons. The zero-order valence-corrected chi connectivity index (χ0v) is 11.9. The molecular weight excluding hydrogens is 286 g/mol. The summed E-state index contributed by atoms with van der Waals surface area (Å²) in [4.78, 5) is 11.8. The van der Waals surface area contributed by atoms with E-state index in [-0.39, 0.29) is 42.4 Å². The Labute approximate surface area is 123 Å². The summed E-state index contributed by atoms with van der Waals surface area (Å²) >= 11 is 0. The lowest BCUT2D eigenvalue weighted by atomic mass is 9.91. The second kappa shape index (κ2) is 7.55. The fourth-order valence-corrected chi connectivity index (χ4v) is 2.40. The quantitative estimate of drug-likeness (QED) is 0.900. The van der Waals surface area contributed by atoms with Gasteiger partial charge in [0.15, 0.2) is 11.6 Å². The molecule has 1 aliphatic rings. The van der Waals surface area contributed by atoms with E-state index in [4.69, 9.17) is 5.73 Å². The lowest BCUT2D eigenvalue weighted by Crippen LogP contribution is -2.41. The van der Waals surface area contributed by atoms with E-state index >= 15 is 0 Å². The Morgan fingerprint density at radius 1 is 1.25 bits per heavy atom. The van der Waals surface area contributed by atoms with Crippen molar-refractivity contribution in [2.75, 3.05) is 0 Å². The second-order valence-corrected chi connectivity index (χ2v) is 5.07. The third kappa shape index (κ3) is 4.42. The molecule has 0 spiro atoms. The summed E-state index contributed by atoms with van der Waals surface area (Å²) in [6.45, 7) is 0. The number of carbonyl (C=O) groups excluding carboxylic acids is 1. The van der Waals surface area contributed by atoms with Crippen molar-refractivity contribution in [1.82, 2.24) is 5.32 Å². The summed E-state index contributed by atoms with van der Waals surface area (Å²) in [5.74, 6) is -2.14. The Kier molecular flexibility index (Phi) is 6.36. The van der Waals surface area contributed by atoms with Crippen LogP contribution in [0.25, 0.3) is 0 Å².